The van der Waals surface area contributed by atoms with E-state index in [1.807, 2.05) is 0 Å². The second-order valence-corrected chi connectivity index (χ2v) is 20.2. The van der Waals surface area contributed by atoms with Crippen LogP contribution in [0.15, 0.2) is 48.4 Å². The maximum absolute atomic E-state index is 14.4. The summed E-state index contributed by atoms with van der Waals surface area (Å²) >= 11 is 0.800. The first-order chi connectivity index (χ1) is 36.9. The highest BCUT2D eigenvalue weighted by Gasteiger charge is 2.45. The largest absolute Gasteiger partial charge is 0.477 e. The molecule has 1 unspecified atom stereocenters. The molecule has 0 radical (unpaired) electrons. The molecule has 1 saturated heterocycles. The quantitative estimate of drug-likeness (QED) is 0.0164. The molecule has 2 aliphatic heterocycles. The van der Waals surface area contributed by atoms with Gasteiger partial charge in [0.2, 0.25) is 24.0 Å². The molecule has 11 N–H and O–H groups in total. The van der Waals surface area contributed by atoms with Crippen molar-refractivity contribution in [2.24, 2.45) is 23.4 Å². The van der Waals surface area contributed by atoms with Crippen molar-refractivity contribution in [1.29, 1.82) is 0 Å². The number of hydrogen-bond donors (Lipinski definition) is 9. The first-order valence-corrected chi connectivity index (χ1v) is 25.8. The van der Waals surface area contributed by atoms with Gasteiger partial charge in [0, 0.05) is 79.5 Å². The van der Waals surface area contributed by atoms with Crippen LogP contribution < -0.4 is 26.9 Å². The van der Waals surface area contributed by atoms with E-state index in [1.54, 1.807) is 40.8 Å². The molecule has 0 aliphatic carbocycles. The zero-order valence-electron chi connectivity index (χ0n) is 44.4. The summed E-state index contributed by atoms with van der Waals surface area (Å²) in [5.74, 6) is 1.57. The van der Waals surface area contributed by atoms with Crippen molar-refractivity contribution in [3.05, 3.63) is 64.6 Å². The van der Waals surface area contributed by atoms with Crippen molar-refractivity contribution in [1.82, 2.24) is 45.3 Å². The predicted molar refractivity (Wildman–Crippen MR) is 276 cm³/mol. The Morgan fingerprint density at radius 2 is 1.63 bits per heavy atom. The number of carboxylic acids is 1. The number of amides is 6. The van der Waals surface area contributed by atoms with Gasteiger partial charge in [0.25, 0.3) is 11.8 Å². The molecule has 1 fully saturated rings. The normalized spacial score (nSPS) is 19.7. The fourth-order valence-corrected chi connectivity index (χ4v) is 9.49. The predicted octanol–water partition coefficient (Wildman–Crippen LogP) is -1.58. The Kier molecular flexibility index (Phi) is 22.8. The maximum atomic E-state index is 14.4. The van der Waals surface area contributed by atoms with E-state index in [4.69, 9.17) is 35.3 Å². The van der Waals surface area contributed by atoms with Crippen molar-refractivity contribution >= 4 is 63.0 Å². The Morgan fingerprint density at radius 1 is 0.936 bits per heavy atom. The van der Waals surface area contributed by atoms with E-state index in [-0.39, 0.29) is 103 Å². The summed E-state index contributed by atoms with van der Waals surface area (Å²) in [7, 11) is 2.79. The summed E-state index contributed by atoms with van der Waals surface area (Å²) in [6.45, 7) is 8.20. The van der Waals surface area contributed by atoms with Gasteiger partial charge in [-0.3, -0.25) is 38.5 Å². The minimum Gasteiger partial charge on any atom is -0.477 e. The second-order valence-electron chi connectivity index (χ2n) is 19.1. The van der Waals surface area contributed by atoms with Crippen LogP contribution in [0.1, 0.15) is 61.7 Å². The summed E-state index contributed by atoms with van der Waals surface area (Å²) in [6, 6.07) is 2.07. The molecular formula is C49H71N11O17S. The minimum atomic E-state index is -1.81. The molecule has 1 aromatic carbocycles. The highest BCUT2D eigenvalue weighted by Crippen LogP contribution is 2.41. The molecule has 8 atom stereocenters. The lowest BCUT2D eigenvalue weighted by molar-refractivity contribution is -0.277. The topological polar surface area (TPSA) is 387 Å². The minimum absolute atomic E-state index is 0.0246. The number of hydrogen-bond acceptors (Lipinski definition) is 22. The molecule has 2 aromatic heterocycles. The molecule has 2 aliphatic rings. The average Bonchev–Trinajstić information content (AvgIpc) is 4.16. The number of carboxylic acid groups (broad SMARTS) is 1. The van der Waals surface area contributed by atoms with E-state index in [2.05, 4.69) is 20.9 Å². The van der Waals surface area contributed by atoms with E-state index in [0.29, 0.717) is 5.70 Å². The number of imide groups is 1. The first kappa shape index (κ1) is 62.0. The van der Waals surface area contributed by atoms with Gasteiger partial charge in [-0.15, -0.1) is 16.4 Å². The number of rotatable bonds is 29. The zero-order valence-corrected chi connectivity index (χ0v) is 45.2. The number of thiophene rings is 1. The van der Waals surface area contributed by atoms with Gasteiger partial charge in [-0.05, 0) is 30.9 Å². The summed E-state index contributed by atoms with van der Waals surface area (Å²) < 4.78 is 30.6. The average molecular weight is 1120 g/mol. The van der Waals surface area contributed by atoms with Crippen molar-refractivity contribution in [2.75, 3.05) is 73.3 Å². The first-order valence-electron chi connectivity index (χ1n) is 25.0. The van der Waals surface area contributed by atoms with E-state index in [1.165, 1.54) is 65.2 Å². The lowest BCUT2D eigenvalue weighted by Gasteiger charge is -2.39. The van der Waals surface area contributed by atoms with Gasteiger partial charge in [0.1, 0.15) is 59.8 Å². The summed E-state index contributed by atoms with van der Waals surface area (Å²) in [5, 5.41) is 67.0. The van der Waals surface area contributed by atoms with Gasteiger partial charge in [-0.2, -0.15) is 0 Å². The molecular weight excluding hydrogens is 1050 g/mol. The third-order valence-corrected chi connectivity index (χ3v) is 13.7. The monoisotopic (exact) mass is 1120 g/mol. The number of carbonyl (C=O) groups excluding carboxylic acids is 6. The second kappa shape index (κ2) is 28.7. The molecule has 4 heterocycles. The van der Waals surface area contributed by atoms with Crippen LogP contribution in [0.2, 0.25) is 0 Å². The van der Waals surface area contributed by atoms with E-state index >= 15 is 0 Å². The molecule has 0 bridgehead atoms. The number of likely N-dealkylation sites (N-methyl/N-ethyl adjacent to an activating group) is 2. The van der Waals surface area contributed by atoms with Gasteiger partial charge < -0.3 is 75.5 Å². The molecule has 0 saturated carbocycles. The van der Waals surface area contributed by atoms with Crippen LogP contribution in [0.5, 0.6) is 5.75 Å². The number of nitrogens with two attached hydrogens (primary N) is 2. The Morgan fingerprint density at radius 3 is 2.26 bits per heavy atom. The fourth-order valence-electron chi connectivity index (χ4n) is 8.42. The smallest absolute Gasteiger partial charge is 0.410 e. The SMILES string of the molecule is CNC(=O)[C@@H](NC(=O)[C@H](C(C)C)N(C)C(=O)OC(Cc1cn(CCN(CCN(N)/C=C(/C)N)C(=O)COCCOCCN2C(=O)C=CC2=O)nn1)c1ccc(O[C@@H]2O[C@H](CO)[C@H](O)[C@H](O)[C@H]2O)c2cc(C(=O)O)sc12)C(C)C. The van der Waals surface area contributed by atoms with Crippen molar-refractivity contribution < 1.29 is 82.8 Å². The highest BCUT2D eigenvalue weighted by molar-refractivity contribution is 7.21. The van der Waals surface area contributed by atoms with Crippen molar-refractivity contribution in [3.63, 3.8) is 0 Å². The number of carbonyl (C=O) groups is 7. The van der Waals surface area contributed by atoms with E-state index in [0.717, 1.165) is 21.1 Å². The number of nitrogens with one attached hydrogen (secondary N) is 2. The lowest BCUT2D eigenvalue weighted by Crippen LogP contribution is -2.60. The maximum Gasteiger partial charge on any atom is 0.410 e. The van der Waals surface area contributed by atoms with Crippen LogP contribution in [0.4, 0.5) is 4.79 Å². The number of allylic oxidation sites excluding steroid dienone is 1. The van der Waals surface area contributed by atoms with Crippen molar-refractivity contribution in [2.45, 2.75) is 96.5 Å². The van der Waals surface area contributed by atoms with E-state index in [9.17, 15) is 59.1 Å². The molecule has 6 amide bonds. The van der Waals surface area contributed by atoms with E-state index < -0.39 is 103 Å². The molecule has 5 rings (SSSR count). The number of aromatic carboxylic acids is 1. The number of benzene rings is 1. The summed E-state index contributed by atoms with van der Waals surface area (Å²) in [6.07, 6.45) is -5.32. The number of aliphatic hydroxyl groups excluding tert-OH is 4. The van der Waals surface area contributed by atoms with Crippen LogP contribution >= 0.6 is 11.3 Å². The molecule has 430 valence electrons. The number of fused-ring (bicyclic) bond motifs is 1. The molecule has 3 aromatic rings. The van der Waals surface area contributed by atoms with Gasteiger partial charge in [0.15, 0.2) is 0 Å². The van der Waals surface area contributed by atoms with Crippen LogP contribution in [-0.4, -0.2) is 218 Å². The van der Waals surface area contributed by atoms with Crippen LogP contribution in [-0.2, 0) is 55.9 Å². The number of aliphatic hydroxyl groups is 4. The van der Waals surface area contributed by atoms with Gasteiger partial charge in [-0.1, -0.05) is 39.0 Å². The Balaban J connectivity index is 1.41. The molecule has 0 spiro atoms. The van der Waals surface area contributed by atoms with Gasteiger partial charge >= 0.3 is 12.1 Å². The van der Waals surface area contributed by atoms with Gasteiger partial charge in [0.05, 0.1) is 51.8 Å². The Bertz CT molecular complexity index is 2620. The van der Waals surface area contributed by atoms with Gasteiger partial charge in [-0.25, -0.2) is 15.4 Å². The van der Waals surface area contributed by atoms with Crippen LogP contribution in [0.3, 0.4) is 0 Å². The fraction of sp³-hybridized carbons (Fsp3) is 0.571. The molecule has 28 nitrogen and oxygen atoms in total. The number of hydrazine groups is 1. The number of ether oxygens (including phenoxy) is 5. The highest BCUT2D eigenvalue weighted by atomic mass is 32.1. The third-order valence-electron chi connectivity index (χ3n) is 12.6. The third kappa shape index (κ3) is 16.4. The Hall–Kier alpha value is -6.83. The lowest BCUT2D eigenvalue weighted by atomic mass is 9.99. The summed E-state index contributed by atoms with van der Waals surface area (Å²) in [5.41, 5.74) is 6.74. The van der Waals surface area contributed by atoms with Crippen LogP contribution in [0, 0.1) is 11.8 Å². The zero-order chi connectivity index (χ0) is 57.5. The standard InChI is InChI=1S/C49H71N11O17S/c1-26(2)39(45(68)52-6)53-46(69)40(27(3)4)56(7)49(72)77-33(30-8-9-32(31-21-35(47(70)71)78-44(30)31)75-48-43(67)42(66)41(65)34(24-61)76-48)20-29-23-59(55-54-29)15-13-57(12-14-58(51)22-28(5)50)38(64)25-74-19-18-73-17-16-60-36(62)10-11-37(60)63/h8-11,21-23,26-27,33-34,39-43,48,61,65-67H,12-20,24-25,50-51H2,1-7H3,(H,52,68)(H,53,69)(H,70,71)/b28-22-/t33?,34-,39+,40+,41+,42+,43-,48-/m1/s1. The molecule has 29 heteroatoms. The molecule has 78 heavy (non-hydrogen) atoms. The number of nitrogens with zero attached hydrogens (tertiary/aromatic N) is 7. The van der Waals surface area contributed by atoms with Crippen molar-refractivity contribution in [3.8, 4) is 5.75 Å². The number of aromatic nitrogens is 3. The summed E-state index contributed by atoms with van der Waals surface area (Å²) in [4.78, 5) is 94.1. The Labute approximate surface area is 453 Å². The van der Waals surface area contributed by atoms with Crippen LogP contribution in [0.25, 0.3) is 10.1 Å².